The molecule has 0 aliphatic heterocycles. The summed E-state index contributed by atoms with van der Waals surface area (Å²) in [6.07, 6.45) is 4.81. The van der Waals surface area contributed by atoms with Crippen LogP contribution in [0.1, 0.15) is 31.2 Å². The van der Waals surface area contributed by atoms with Crippen LogP contribution >= 0.6 is 0 Å². The van der Waals surface area contributed by atoms with Crippen LogP contribution in [0.3, 0.4) is 0 Å². The van der Waals surface area contributed by atoms with E-state index in [-0.39, 0.29) is 18.3 Å². The summed E-state index contributed by atoms with van der Waals surface area (Å²) in [5.74, 6) is -0.491. The maximum Gasteiger partial charge on any atom is 0.242 e. The van der Waals surface area contributed by atoms with Crippen molar-refractivity contribution in [2.24, 2.45) is 0 Å². The summed E-state index contributed by atoms with van der Waals surface area (Å²) < 4.78 is 15.5. The van der Waals surface area contributed by atoms with Gasteiger partial charge in [0.1, 0.15) is 18.7 Å². The number of nitrogens with zero attached hydrogens (tertiary/aromatic N) is 4. The third-order valence-electron chi connectivity index (χ3n) is 3.92. The van der Waals surface area contributed by atoms with Crippen molar-refractivity contribution in [2.45, 2.75) is 37.8 Å². The van der Waals surface area contributed by atoms with E-state index in [2.05, 4.69) is 20.8 Å². The molecule has 0 saturated heterocycles. The molecule has 1 fully saturated rings. The van der Waals surface area contributed by atoms with Gasteiger partial charge in [-0.25, -0.2) is 9.07 Å². The Balaban J connectivity index is 1.81. The Kier molecular flexibility index (Phi) is 3.64. The van der Waals surface area contributed by atoms with E-state index in [1.54, 1.807) is 18.2 Å². The molecule has 1 aromatic heterocycles. The third-order valence-corrected chi connectivity index (χ3v) is 3.92. The van der Waals surface area contributed by atoms with Crippen LogP contribution in [-0.2, 0) is 16.9 Å². The van der Waals surface area contributed by atoms with Crippen molar-refractivity contribution in [3.63, 3.8) is 0 Å². The lowest BCUT2D eigenvalue weighted by molar-refractivity contribution is -0.124. The fraction of sp³-hybridized carbons (Fsp3) is 0.429. The number of rotatable bonds is 4. The van der Waals surface area contributed by atoms with Crippen molar-refractivity contribution in [1.82, 2.24) is 25.5 Å². The summed E-state index contributed by atoms with van der Waals surface area (Å²) >= 11 is 0. The molecule has 6 nitrogen and oxygen atoms in total. The van der Waals surface area contributed by atoms with Gasteiger partial charge in [0.25, 0.3) is 0 Å². The van der Waals surface area contributed by atoms with Crippen LogP contribution in [0, 0.1) is 5.82 Å². The molecule has 21 heavy (non-hydrogen) atoms. The van der Waals surface area contributed by atoms with Gasteiger partial charge in [0.2, 0.25) is 5.91 Å². The Labute approximate surface area is 121 Å². The fourth-order valence-electron chi connectivity index (χ4n) is 3.00. The van der Waals surface area contributed by atoms with E-state index in [0.29, 0.717) is 5.56 Å². The minimum absolute atomic E-state index is 0.0310. The number of nitrogens with one attached hydrogen (secondary N) is 1. The summed E-state index contributed by atoms with van der Waals surface area (Å²) in [6.45, 7) is 0.0310. The fourth-order valence-corrected chi connectivity index (χ4v) is 3.00. The molecule has 0 bridgehead atoms. The highest BCUT2D eigenvalue weighted by atomic mass is 19.1. The maximum absolute atomic E-state index is 14.1. The summed E-state index contributed by atoms with van der Waals surface area (Å²) in [6, 6.07) is 6.64. The zero-order valence-electron chi connectivity index (χ0n) is 11.5. The smallest absolute Gasteiger partial charge is 0.242 e. The molecule has 1 aliphatic rings. The van der Waals surface area contributed by atoms with Crippen LogP contribution < -0.4 is 5.32 Å². The van der Waals surface area contributed by atoms with Gasteiger partial charge in [-0.05, 0) is 29.3 Å². The molecule has 1 aromatic carbocycles. The van der Waals surface area contributed by atoms with Crippen LogP contribution in [0.4, 0.5) is 4.39 Å². The molecule has 0 radical (unpaired) electrons. The van der Waals surface area contributed by atoms with Crippen LogP contribution in [0.2, 0.25) is 0 Å². The highest BCUT2D eigenvalue weighted by Gasteiger charge is 2.38. The lowest BCUT2D eigenvalue weighted by atomic mass is 9.87. The minimum Gasteiger partial charge on any atom is -0.345 e. The van der Waals surface area contributed by atoms with Crippen molar-refractivity contribution in [2.75, 3.05) is 0 Å². The van der Waals surface area contributed by atoms with Gasteiger partial charge in [-0.2, -0.15) is 0 Å². The lowest BCUT2D eigenvalue weighted by Gasteiger charge is -2.31. The number of tetrazole rings is 1. The quantitative estimate of drug-likeness (QED) is 0.923. The first-order chi connectivity index (χ1) is 10.2. The van der Waals surface area contributed by atoms with Gasteiger partial charge in [0, 0.05) is 5.56 Å². The van der Waals surface area contributed by atoms with E-state index in [1.165, 1.54) is 17.1 Å². The molecule has 1 aliphatic carbocycles. The largest absolute Gasteiger partial charge is 0.345 e. The van der Waals surface area contributed by atoms with Gasteiger partial charge in [0.15, 0.2) is 0 Å². The van der Waals surface area contributed by atoms with E-state index < -0.39 is 5.54 Å². The molecule has 3 rings (SSSR count). The number of hydrogen-bond donors (Lipinski definition) is 1. The normalized spacial score (nSPS) is 16.8. The second kappa shape index (κ2) is 5.59. The number of carbonyl (C=O) groups is 1. The van der Waals surface area contributed by atoms with E-state index in [4.69, 9.17) is 0 Å². The van der Waals surface area contributed by atoms with Gasteiger partial charge in [-0.1, -0.05) is 31.0 Å². The van der Waals surface area contributed by atoms with Crippen LogP contribution in [0.25, 0.3) is 0 Å². The predicted molar refractivity (Wildman–Crippen MR) is 72.5 cm³/mol. The lowest BCUT2D eigenvalue weighted by Crippen LogP contribution is -2.45. The van der Waals surface area contributed by atoms with E-state index in [1.807, 2.05) is 0 Å². The Morgan fingerprint density at radius 3 is 2.76 bits per heavy atom. The standard InChI is InChI=1S/C14H16FN5O/c15-12-6-2-1-5-11(12)14(7-3-4-8-14)17-13(21)9-20-10-16-18-19-20/h1-2,5-6,10H,3-4,7-9H2,(H,17,21). The van der Waals surface area contributed by atoms with Crippen molar-refractivity contribution >= 4 is 5.91 Å². The van der Waals surface area contributed by atoms with Crippen molar-refractivity contribution in [1.29, 1.82) is 0 Å². The number of amides is 1. The first kappa shape index (κ1) is 13.7. The molecule has 2 aromatic rings. The summed E-state index contributed by atoms with van der Waals surface area (Å²) in [7, 11) is 0. The molecule has 0 atom stereocenters. The molecule has 0 unspecified atom stereocenters. The van der Waals surface area contributed by atoms with E-state index >= 15 is 0 Å². The van der Waals surface area contributed by atoms with Crippen LogP contribution in [-0.4, -0.2) is 26.1 Å². The number of aromatic nitrogens is 4. The van der Waals surface area contributed by atoms with Crippen LogP contribution in [0.15, 0.2) is 30.6 Å². The Morgan fingerprint density at radius 1 is 1.33 bits per heavy atom. The molecule has 0 spiro atoms. The highest BCUT2D eigenvalue weighted by molar-refractivity contribution is 5.76. The molecular weight excluding hydrogens is 273 g/mol. The predicted octanol–water partition coefficient (Wildman–Crippen LogP) is 1.40. The second-order valence-corrected chi connectivity index (χ2v) is 5.32. The van der Waals surface area contributed by atoms with E-state index in [9.17, 15) is 9.18 Å². The first-order valence-corrected chi connectivity index (χ1v) is 6.96. The zero-order valence-corrected chi connectivity index (χ0v) is 11.5. The zero-order chi connectivity index (χ0) is 14.7. The maximum atomic E-state index is 14.1. The van der Waals surface area contributed by atoms with Gasteiger partial charge < -0.3 is 5.32 Å². The monoisotopic (exact) mass is 289 g/mol. The molecule has 7 heteroatoms. The first-order valence-electron chi connectivity index (χ1n) is 6.96. The molecule has 110 valence electrons. The van der Waals surface area contributed by atoms with Gasteiger partial charge in [-0.3, -0.25) is 4.79 Å². The Bertz CT molecular complexity index is 622. The van der Waals surface area contributed by atoms with Gasteiger partial charge in [0.05, 0.1) is 5.54 Å². The number of benzene rings is 1. The molecule has 1 heterocycles. The average Bonchev–Trinajstić information content (AvgIpc) is 3.11. The van der Waals surface area contributed by atoms with Crippen molar-refractivity contribution in [3.8, 4) is 0 Å². The highest BCUT2D eigenvalue weighted by Crippen LogP contribution is 2.39. The second-order valence-electron chi connectivity index (χ2n) is 5.32. The summed E-state index contributed by atoms with van der Waals surface area (Å²) in [5, 5.41) is 13.6. The SMILES string of the molecule is O=C(Cn1cnnn1)NC1(c2ccccc2F)CCCC1. The molecule has 1 saturated carbocycles. The third kappa shape index (κ3) is 2.76. The van der Waals surface area contributed by atoms with E-state index in [0.717, 1.165) is 25.7 Å². The minimum atomic E-state index is -0.615. The number of hydrogen-bond acceptors (Lipinski definition) is 4. The molecule has 1 amide bonds. The number of halogens is 1. The number of carbonyl (C=O) groups excluding carboxylic acids is 1. The molecule has 1 N–H and O–H groups in total. The molecular formula is C14H16FN5O. The van der Waals surface area contributed by atoms with Gasteiger partial charge in [-0.15, -0.1) is 5.10 Å². The average molecular weight is 289 g/mol. The van der Waals surface area contributed by atoms with Crippen molar-refractivity contribution < 1.29 is 9.18 Å². The topological polar surface area (TPSA) is 72.7 Å². The Morgan fingerprint density at radius 2 is 2.10 bits per heavy atom. The Hall–Kier alpha value is -2.31. The van der Waals surface area contributed by atoms with Crippen molar-refractivity contribution in [3.05, 3.63) is 42.0 Å². The van der Waals surface area contributed by atoms with Crippen LogP contribution in [0.5, 0.6) is 0 Å². The summed E-state index contributed by atoms with van der Waals surface area (Å²) in [5.41, 5.74) is -0.0521. The van der Waals surface area contributed by atoms with Gasteiger partial charge >= 0.3 is 0 Å². The summed E-state index contributed by atoms with van der Waals surface area (Å²) in [4.78, 5) is 12.2.